The van der Waals surface area contributed by atoms with Crippen LogP contribution < -0.4 is 15.1 Å². The van der Waals surface area contributed by atoms with Gasteiger partial charge in [-0.15, -0.1) is 0 Å². The highest BCUT2D eigenvalue weighted by molar-refractivity contribution is 8.00. The lowest BCUT2D eigenvalue weighted by molar-refractivity contribution is -0.384. The summed E-state index contributed by atoms with van der Waals surface area (Å²) < 4.78 is 1.36. The summed E-state index contributed by atoms with van der Waals surface area (Å²) in [6.45, 7) is -0.250. The molecule has 0 aliphatic carbocycles. The van der Waals surface area contributed by atoms with E-state index < -0.39 is 39.7 Å². The second-order valence-corrected chi connectivity index (χ2v) is 11.4. The van der Waals surface area contributed by atoms with Crippen molar-refractivity contribution < 1.29 is 19.3 Å². The lowest BCUT2D eigenvalue weighted by atomic mass is 9.83. The smallest absolute Gasteiger partial charge is 0.308 e. The van der Waals surface area contributed by atoms with Crippen LogP contribution in [0, 0.1) is 16.0 Å². The SMILES string of the molecule is O=C(Cn1c2c(sc1=O)C(c1ccccc1)C1C(=O)N(c3ccc([N+](=O)[O-])cc3)C(=O)C1S2)Nc1ccccc1. The highest BCUT2D eigenvalue weighted by Gasteiger charge is 2.56. The Hall–Kier alpha value is -4.55. The van der Waals surface area contributed by atoms with Crippen molar-refractivity contribution in [1.29, 1.82) is 0 Å². The molecule has 10 nitrogen and oxygen atoms in total. The molecule has 3 unspecified atom stereocenters. The number of benzene rings is 3. The molecular formula is C28H20N4O6S2. The molecule has 0 radical (unpaired) electrons. The predicted molar refractivity (Wildman–Crippen MR) is 151 cm³/mol. The first-order valence-electron chi connectivity index (χ1n) is 12.3. The van der Waals surface area contributed by atoms with Gasteiger partial charge in [0.2, 0.25) is 17.7 Å². The summed E-state index contributed by atoms with van der Waals surface area (Å²) in [5.41, 5.74) is 1.45. The highest BCUT2D eigenvalue weighted by Crippen LogP contribution is 2.53. The van der Waals surface area contributed by atoms with Gasteiger partial charge in [0, 0.05) is 28.6 Å². The fraction of sp³-hybridized carbons (Fsp3) is 0.143. The Bertz CT molecular complexity index is 1700. The van der Waals surface area contributed by atoms with Crippen molar-refractivity contribution in [3.63, 3.8) is 0 Å². The average molecular weight is 573 g/mol. The molecule has 1 saturated heterocycles. The minimum absolute atomic E-state index is 0.156. The van der Waals surface area contributed by atoms with Gasteiger partial charge in [-0.05, 0) is 29.8 Å². The van der Waals surface area contributed by atoms with Crippen LogP contribution in [0.4, 0.5) is 17.1 Å². The quantitative estimate of drug-likeness (QED) is 0.208. The van der Waals surface area contributed by atoms with Gasteiger partial charge in [-0.3, -0.25) is 33.9 Å². The van der Waals surface area contributed by atoms with E-state index in [1.807, 2.05) is 36.4 Å². The normalized spacial score (nSPS) is 19.7. The van der Waals surface area contributed by atoms with Crippen molar-refractivity contribution in [1.82, 2.24) is 4.57 Å². The Kier molecular flexibility index (Phi) is 6.56. The summed E-state index contributed by atoms with van der Waals surface area (Å²) in [5.74, 6) is -2.69. The standard InChI is InChI=1S/C28H20N4O6S2/c33-20(29-17-9-5-2-6-10-17)15-30-27-24(40-28(30)36)21(16-7-3-1-4-8-16)22-23(39-27)26(35)31(25(22)34)18-11-13-19(14-12-18)32(37)38/h1-14,21-23H,15H2,(H,29,33). The Morgan fingerprint density at radius 3 is 2.20 bits per heavy atom. The first-order valence-corrected chi connectivity index (χ1v) is 14.0. The second-order valence-electron chi connectivity index (χ2n) is 9.28. The number of imide groups is 1. The molecule has 6 rings (SSSR count). The molecule has 0 spiro atoms. The van der Waals surface area contributed by atoms with Gasteiger partial charge in [-0.2, -0.15) is 0 Å². The van der Waals surface area contributed by atoms with Gasteiger partial charge in [-0.1, -0.05) is 71.6 Å². The third-order valence-electron chi connectivity index (χ3n) is 6.89. The lowest BCUT2D eigenvalue weighted by Crippen LogP contribution is -2.33. The molecular weight excluding hydrogens is 552 g/mol. The number of carbonyl (C=O) groups excluding carboxylic acids is 3. The zero-order chi connectivity index (χ0) is 28.0. The summed E-state index contributed by atoms with van der Waals surface area (Å²) >= 11 is 2.09. The monoisotopic (exact) mass is 572 g/mol. The molecule has 2 aliphatic rings. The summed E-state index contributed by atoms with van der Waals surface area (Å²) in [6, 6.07) is 23.3. The number of nitro benzene ring substituents is 1. The Labute approximate surface area is 235 Å². The maximum Gasteiger partial charge on any atom is 0.308 e. The van der Waals surface area contributed by atoms with Crippen LogP contribution in [0.2, 0.25) is 0 Å². The van der Waals surface area contributed by atoms with Crippen LogP contribution in [0.1, 0.15) is 16.4 Å². The number of aromatic nitrogens is 1. The molecule has 40 heavy (non-hydrogen) atoms. The highest BCUT2D eigenvalue weighted by atomic mass is 32.2. The number of thioether (sulfide) groups is 1. The number of anilines is 2. The van der Waals surface area contributed by atoms with E-state index in [1.54, 1.807) is 24.3 Å². The number of nitro groups is 1. The van der Waals surface area contributed by atoms with E-state index in [2.05, 4.69) is 5.32 Å². The van der Waals surface area contributed by atoms with Crippen LogP contribution >= 0.6 is 23.1 Å². The lowest BCUT2D eigenvalue weighted by Gasteiger charge is -2.30. The number of hydrogen-bond acceptors (Lipinski definition) is 8. The number of amides is 3. The fourth-order valence-electron chi connectivity index (χ4n) is 5.12. The van der Waals surface area contributed by atoms with Crippen LogP contribution in [0.15, 0.2) is 94.7 Å². The number of non-ortho nitro benzene ring substituents is 1. The summed E-state index contributed by atoms with van der Waals surface area (Å²) in [4.78, 5) is 65.5. The van der Waals surface area contributed by atoms with Crippen molar-refractivity contribution in [3.8, 4) is 0 Å². The molecule has 1 N–H and O–H groups in total. The van der Waals surface area contributed by atoms with Gasteiger partial charge in [0.15, 0.2) is 0 Å². The van der Waals surface area contributed by atoms with Crippen LogP contribution in [0.3, 0.4) is 0 Å². The molecule has 2 aliphatic heterocycles. The molecule has 12 heteroatoms. The summed E-state index contributed by atoms with van der Waals surface area (Å²) in [7, 11) is 0. The third-order valence-corrected chi connectivity index (χ3v) is 9.49. The largest absolute Gasteiger partial charge is 0.325 e. The number of fused-ring (bicyclic) bond motifs is 2. The minimum atomic E-state index is -0.849. The number of hydrogen-bond donors (Lipinski definition) is 1. The van der Waals surface area contributed by atoms with Gasteiger partial charge in [0.25, 0.3) is 5.69 Å². The van der Waals surface area contributed by atoms with Crippen molar-refractivity contribution in [3.05, 3.63) is 115 Å². The van der Waals surface area contributed by atoms with E-state index >= 15 is 0 Å². The minimum Gasteiger partial charge on any atom is -0.325 e. The Morgan fingerprint density at radius 1 is 0.900 bits per heavy atom. The van der Waals surface area contributed by atoms with E-state index in [9.17, 15) is 29.3 Å². The molecule has 3 atom stereocenters. The number of nitrogens with zero attached hydrogens (tertiary/aromatic N) is 3. The van der Waals surface area contributed by atoms with Gasteiger partial charge < -0.3 is 5.32 Å². The first kappa shape index (κ1) is 25.7. The third kappa shape index (κ3) is 4.40. The van der Waals surface area contributed by atoms with E-state index in [0.29, 0.717) is 15.6 Å². The summed E-state index contributed by atoms with van der Waals surface area (Å²) in [6.07, 6.45) is 0. The number of para-hydroxylation sites is 1. The van der Waals surface area contributed by atoms with Crippen molar-refractivity contribution in [2.24, 2.45) is 5.92 Å². The van der Waals surface area contributed by atoms with Gasteiger partial charge in [0.1, 0.15) is 11.8 Å². The molecule has 3 heterocycles. The van der Waals surface area contributed by atoms with Crippen molar-refractivity contribution >= 4 is 57.9 Å². The van der Waals surface area contributed by atoms with Crippen molar-refractivity contribution in [2.75, 3.05) is 10.2 Å². The Morgan fingerprint density at radius 2 is 1.55 bits per heavy atom. The second kappa shape index (κ2) is 10.2. The molecule has 3 aromatic carbocycles. The van der Waals surface area contributed by atoms with Gasteiger partial charge in [0.05, 0.1) is 21.6 Å². The zero-order valence-corrected chi connectivity index (χ0v) is 22.3. The van der Waals surface area contributed by atoms with Crippen LogP contribution in [-0.2, 0) is 20.9 Å². The van der Waals surface area contributed by atoms with Crippen LogP contribution in [-0.4, -0.2) is 32.5 Å². The van der Waals surface area contributed by atoms with E-state index in [4.69, 9.17) is 0 Å². The van der Waals surface area contributed by atoms with Gasteiger partial charge in [-0.25, -0.2) is 4.90 Å². The number of thiazole rings is 1. The maximum atomic E-state index is 13.8. The first-order chi connectivity index (χ1) is 19.3. The maximum absolute atomic E-state index is 13.8. The van der Waals surface area contributed by atoms with Crippen molar-refractivity contribution in [2.45, 2.75) is 22.7 Å². The molecule has 3 amide bonds. The van der Waals surface area contributed by atoms with E-state index in [-0.39, 0.29) is 22.8 Å². The summed E-state index contributed by atoms with van der Waals surface area (Å²) in [5, 5.41) is 13.5. The predicted octanol–water partition coefficient (Wildman–Crippen LogP) is 4.25. The number of carbonyl (C=O) groups is 3. The molecule has 0 bridgehead atoms. The molecule has 200 valence electrons. The van der Waals surface area contributed by atoms with E-state index in [0.717, 1.165) is 33.6 Å². The Balaban J connectivity index is 1.39. The van der Waals surface area contributed by atoms with Gasteiger partial charge >= 0.3 is 4.87 Å². The van der Waals surface area contributed by atoms with Crippen LogP contribution in [0.25, 0.3) is 0 Å². The molecule has 1 aromatic heterocycles. The topological polar surface area (TPSA) is 132 Å². The zero-order valence-electron chi connectivity index (χ0n) is 20.6. The number of rotatable bonds is 6. The fourth-order valence-corrected chi connectivity index (χ4v) is 7.89. The molecule has 0 saturated carbocycles. The molecule has 1 fully saturated rings. The number of nitrogens with one attached hydrogen (secondary N) is 1. The average Bonchev–Trinajstić information content (AvgIpc) is 3.40. The molecule has 4 aromatic rings. The van der Waals surface area contributed by atoms with Crippen LogP contribution in [0.5, 0.6) is 0 Å². The van der Waals surface area contributed by atoms with E-state index in [1.165, 1.54) is 28.8 Å².